The lowest BCUT2D eigenvalue weighted by Gasteiger charge is -2.29. The molecule has 23 heavy (non-hydrogen) atoms. The highest BCUT2D eigenvalue weighted by Crippen LogP contribution is 2.28. The molecular formula is C18H27NO3S. The highest BCUT2D eigenvalue weighted by atomic mass is 32.2. The maximum Gasteiger partial charge on any atom is 0.163 e. The van der Waals surface area contributed by atoms with E-state index >= 15 is 0 Å². The van der Waals surface area contributed by atoms with Crippen molar-refractivity contribution in [3.05, 3.63) is 36.5 Å². The lowest BCUT2D eigenvalue weighted by atomic mass is 10.00. The molecule has 0 amide bonds. The Morgan fingerprint density at radius 1 is 0.826 bits per heavy atom. The molecule has 0 radical (unpaired) electrons. The molecule has 5 atom stereocenters. The van der Waals surface area contributed by atoms with Crippen LogP contribution in [0.1, 0.15) is 44.9 Å². The number of allylic oxidation sites excluding steroid dienone is 1. The van der Waals surface area contributed by atoms with Crippen LogP contribution in [0, 0.1) is 0 Å². The van der Waals surface area contributed by atoms with Gasteiger partial charge in [-0.3, -0.25) is 0 Å². The molecule has 3 aliphatic carbocycles. The van der Waals surface area contributed by atoms with Gasteiger partial charge >= 0.3 is 0 Å². The smallest absolute Gasteiger partial charge is 0.163 e. The predicted octanol–water partition coefficient (Wildman–Crippen LogP) is 2.66. The van der Waals surface area contributed by atoms with Gasteiger partial charge in [0.2, 0.25) is 0 Å². The van der Waals surface area contributed by atoms with E-state index in [2.05, 4.69) is 0 Å². The van der Waals surface area contributed by atoms with Crippen LogP contribution in [0.5, 0.6) is 0 Å². The molecule has 0 aromatic heterocycles. The van der Waals surface area contributed by atoms with Gasteiger partial charge in [-0.15, -0.1) is 0 Å². The van der Waals surface area contributed by atoms with Gasteiger partial charge in [0.1, 0.15) is 0 Å². The fraction of sp³-hybridized carbons (Fsp3) is 0.667. The Kier molecular flexibility index (Phi) is 5.39. The van der Waals surface area contributed by atoms with Crippen molar-refractivity contribution in [1.82, 2.24) is 0 Å². The molecule has 3 aliphatic rings. The number of hydrogen-bond donors (Lipinski definition) is 1. The summed E-state index contributed by atoms with van der Waals surface area (Å²) >= 11 is 0. The average molecular weight is 337 g/mol. The normalized spacial score (nSPS) is 37.9. The minimum atomic E-state index is -3.11. The zero-order chi connectivity index (χ0) is 16.3. The largest absolute Gasteiger partial charge is 0.367 e. The highest BCUT2D eigenvalue weighted by Gasteiger charge is 2.34. The number of nitrogens with two attached hydrogens (primary N) is 1. The van der Waals surface area contributed by atoms with E-state index in [-0.39, 0.29) is 28.7 Å². The summed E-state index contributed by atoms with van der Waals surface area (Å²) in [5, 5.41) is -0.656. The summed E-state index contributed by atoms with van der Waals surface area (Å²) in [4.78, 5) is 0. The Hall–Kier alpha value is -0.910. The van der Waals surface area contributed by atoms with Crippen molar-refractivity contribution >= 4 is 9.84 Å². The quantitative estimate of drug-likeness (QED) is 0.801. The zero-order valence-corrected chi connectivity index (χ0v) is 14.3. The second kappa shape index (κ2) is 7.32. The molecule has 4 nitrogen and oxygen atoms in total. The second-order valence-electron chi connectivity index (χ2n) is 6.83. The third-order valence-electron chi connectivity index (χ3n) is 5.04. The average Bonchev–Trinajstić information content (AvgIpc) is 2.58. The third kappa shape index (κ3) is 4.14. The van der Waals surface area contributed by atoms with Gasteiger partial charge in [0.05, 0.1) is 22.7 Å². The number of sulfone groups is 1. The number of rotatable bonds is 4. The Bertz CT molecular complexity index is 593. The summed E-state index contributed by atoms with van der Waals surface area (Å²) in [5.74, 6) is 0. The Balaban J connectivity index is 1.58. The lowest BCUT2D eigenvalue weighted by molar-refractivity contribution is 0.0252. The molecule has 128 valence electrons. The third-order valence-corrected chi connectivity index (χ3v) is 7.51. The molecule has 0 aliphatic heterocycles. The van der Waals surface area contributed by atoms with Crippen LogP contribution in [0.15, 0.2) is 36.5 Å². The first kappa shape index (κ1) is 16.9. The molecule has 0 saturated heterocycles. The fourth-order valence-corrected chi connectivity index (χ4v) is 5.64. The Morgan fingerprint density at radius 3 is 2.09 bits per heavy atom. The summed E-state index contributed by atoms with van der Waals surface area (Å²) in [7, 11) is -3.11. The topological polar surface area (TPSA) is 69.4 Å². The second-order valence-corrected chi connectivity index (χ2v) is 9.22. The lowest BCUT2D eigenvalue weighted by Crippen LogP contribution is -2.35. The SMILES string of the molecule is NC1C=C[C@@H](OC2C=CC(S(=O)(=O)C3C=CCCC3)CC2)CC1. The fourth-order valence-electron chi connectivity index (χ4n) is 3.59. The van der Waals surface area contributed by atoms with E-state index in [0.29, 0.717) is 6.42 Å². The van der Waals surface area contributed by atoms with Crippen molar-refractivity contribution < 1.29 is 13.2 Å². The first-order valence-corrected chi connectivity index (χ1v) is 10.3. The zero-order valence-electron chi connectivity index (χ0n) is 13.5. The molecule has 5 heteroatoms. The van der Waals surface area contributed by atoms with Crippen LogP contribution in [0.25, 0.3) is 0 Å². The molecule has 0 bridgehead atoms. The number of ether oxygens (including phenoxy) is 1. The van der Waals surface area contributed by atoms with Gasteiger partial charge in [0, 0.05) is 6.04 Å². The maximum absolute atomic E-state index is 12.7. The minimum absolute atomic E-state index is 0.0207. The van der Waals surface area contributed by atoms with Crippen molar-refractivity contribution in [3.8, 4) is 0 Å². The molecule has 0 saturated carbocycles. The minimum Gasteiger partial charge on any atom is -0.367 e. The van der Waals surface area contributed by atoms with Crippen molar-refractivity contribution in [2.45, 2.75) is 73.7 Å². The standard InChI is InChI=1S/C18H27NO3S/c19-14-6-8-15(9-7-14)22-16-10-12-18(13-11-16)23(20,21)17-4-2-1-3-5-17/h2,4,6,8,10,12,14-18H,1,3,5,7,9,11,13,19H2/t14?,15-,16?,17?,18?/m1/s1. The first-order valence-electron chi connectivity index (χ1n) is 8.73. The molecule has 0 aromatic rings. The van der Waals surface area contributed by atoms with E-state index in [4.69, 9.17) is 10.5 Å². The van der Waals surface area contributed by atoms with E-state index in [1.54, 1.807) is 0 Å². The molecule has 4 unspecified atom stereocenters. The molecule has 3 rings (SSSR count). The van der Waals surface area contributed by atoms with E-state index < -0.39 is 9.84 Å². The van der Waals surface area contributed by atoms with Gasteiger partial charge in [-0.1, -0.05) is 36.5 Å². The van der Waals surface area contributed by atoms with Crippen molar-refractivity contribution in [2.24, 2.45) is 5.73 Å². The van der Waals surface area contributed by atoms with Crippen LogP contribution in [-0.2, 0) is 14.6 Å². The molecule has 0 heterocycles. The predicted molar refractivity (Wildman–Crippen MR) is 92.9 cm³/mol. The van der Waals surface area contributed by atoms with Crippen LogP contribution in [0.3, 0.4) is 0 Å². The monoisotopic (exact) mass is 337 g/mol. The van der Waals surface area contributed by atoms with Crippen molar-refractivity contribution in [2.75, 3.05) is 0 Å². The summed E-state index contributed by atoms with van der Waals surface area (Å²) in [6.07, 6.45) is 17.9. The Labute approximate surface area is 139 Å². The van der Waals surface area contributed by atoms with Crippen LogP contribution in [-0.4, -0.2) is 37.2 Å². The first-order chi connectivity index (χ1) is 11.1. The summed E-state index contributed by atoms with van der Waals surface area (Å²) in [6.45, 7) is 0. The van der Waals surface area contributed by atoms with Gasteiger partial charge in [-0.2, -0.15) is 0 Å². The van der Waals surface area contributed by atoms with Crippen LogP contribution in [0.4, 0.5) is 0 Å². The van der Waals surface area contributed by atoms with Gasteiger partial charge < -0.3 is 10.5 Å². The van der Waals surface area contributed by atoms with E-state index in [0.717, 1.165) is 38.5 Å². The number of hydrogen-bond acceptors (Lipinski definition) is 4. The maximum atomic E-state index is 12.7. The molecule has 2 N–H and O–H groups in total. The summed E-state index contributed by atoms with van der Waals surface area (Å²) in [5.41, 5.74) is 5.84. The van der Waals surface area contributed by atoms with Crippen LogP contribution >= 0.6 is 0 Å². The molecule has 0 fully saturated rings. The van der Waals surface area contributed by atoms with E-state index in [9.17, 15) is 8.42 Å². The van der Waals surface area contributed by atoms with Gasteiger partial charge in [-0.25, -0.2) is 8.42 Å². The van der Waals surface area contributed by atoms with Gasteiger partial charge in [0.25, 0.3) is 0 Å². The summed E-state index contributed by atoms with van der Waals surface area (Å²) in [6, 6.07) is 0.148. The van der Waals surface area contributed by atoms with Crippen molar-refractivity contribution in [3.63, 3.8) is 0 Å². The highest BCUT2D eigenvalue weighted by molar-refractivity contribution is 7.93. The van der Waals surface area contributed by atoms with Gasteiger partial charge in [0.15, 0.2) is 9.84 Å². The van der Waals surface area contributed by atoms with Crippen LogP contribution in [0.2, 0.25) is 0 Å². The molecule has 0 aromatic carbocycles. The molecule has 0 spiro atoms. The van der Waals surface area contributed by atoms with E-state index in [1.807, 2.05) is 36.5 Å². The molecular weight excluding hydrogens is 310 g/mol. The Morgan fingerprint density at radius 2 is 1.52 bits per heavy atom. The summed E-state index contributed by atoms with van der Waals surface area (Å²) < 4.78 is 31.5. The van der Waals surface area contributed by atoms with Gasteiger partial charge in [-0.05, 0) is 44.9 Å². The van der Waals surface area contributed by atoms with Crippen molar-refractivity contribution in [1.29, 1.82) is 0 Å². The van der Waals surface area contributed by atoms with E-state index in [1.165, 1.54) is 0 Å². The van der Waals surface area contributed by atoms with Crippen LogP contribution < -0.4 is 5.73 Å².